The fourth-order valence-corrected chi connectivity index (χ4v) is 0.541. The molecule has 2 heteroatoms. The fraction of sp³-hybridized carbons (Fsp3) is 0.714. The summed E-state index contributed by atoms with van der Waals surface area (Å²) in [6.07, 6.45) is 1.93. The maximum Gasteiger partial charge on any atom is 0.111 e. The lowest BCUT2D eigenvalue weighted by Gasteiger charge is -2.04. The smallest absolute Gasteiger partial charge is 0.111 e. The molecule has 0 radical (unpaired) electrons. The van der Waals surface area contributed by atoms with Crippen LogP contribution >= 0.6 is 0 Å². The van der Waals surface area contributed by atoms with Crippen LogP contribution in [0.3, 0.4) is 0 Å². The summed E-state index contributed by atoms with van der Waals surface area (Å²) in [6, 6.07) is 0. The summed E-state index contributed by atoms with van der Waals surface area (Å²) in [7, 11) is 0. The second kappa shape index (κ2) is 5.63. The van der Waals surface area contributed by atoms with Crippen molar-refractivity contribution in [1.29, 1.82) is 0 Å². The number of aliphatic hydroxyl groups is 1. The van der Waals surface area contributed by atoms with Gasteiger partial charge in [0.25, 0.3) is 0 Å². The molecule has 0 rings (SSSR count). The molecular formula is C7H14O2. The van der Waals surface area contributed by atoms with E-state index in [0.29, 0.717) is 6.61 Å². The fourth-order valence-electron chi connectivity index (χ4n) is 0.541. The molecular weight excluding hydrogens is 116 g/mol. The monoisotopic (exact) mass is 130 g/mol. The van der Waals surface area contributed by atoms with Gasteiger partial charge in [-0.2, -0.15) is 0 Å². The average molecular weight is 130 g/mol. The topological polar surface area (TPSA) is 29.5 Å². The van der Waals surface area contributed by atoms with Crippen molar-refractivity contribution in [3.8, 4) is 0 Å². The number of ether oxygens (including phenoxy) is 1. The molecule has 0 spiro atoms. The van der Waals surface area contributed by atoms with Gasteiger partial charge in [0, 0.05) is 6.42 Å². The highest BCUT2D eigenvalue weighted by atomic mass is 16.5. The van der Waals surface area contributed by atoms with Crippen LogP contribution in [0.1, 0.15) is 19.8 Å². The molecule has 0 aliphatic carbocycles. The zero-order chi connectivity index (χ0) is 7.11. The minimum absolute atomic E-state index is 0.0722. The van der Waals surface area contributed by atoms with Gasteiger partial charge >= 0.3 is 0 Å². The molecule has 1 N–H and O–H groups in total. The predicted octanol–water partition coefficient (Wildman–Crippen LogP) is 1.31. The van der Waals surface area contributed by atoms with Crippen LogP contribution < -0.4 is 0 Å². The molecule has 0 amide bonds. The largest absolute Gasteiger partial charge is 0.496 e. The van der Waals surface area contributed by atoms with Gasteiger partial charge in [0.05, 0.1) is 12.4 Å². The Bertz CT molecular complexity index is 79.0. The zero-order valence-electron chi connectivity index (χ0n) is 5.89. The van der Waals surface area contributed by atoms with Crippen molar-refractivity contribution in [1.82, 2.24) is 0 Å². The van der Waals surface area contributed by atoms with Crippen LogP contribution in [-0.4, -0.2) is 18.3 Å². The second-order valence-electron chi connectivity index (χ2n) is 1.86. The van der Waals surface area contributed by atoms with E-state index in [1.807, 2.05) is 0 Å². The first-order valence-corrected chi connectivity index (χ1v) is 3.22. The van der Waals surface area contributed by atoms with Crippen molar-refractivity contribution < 1.29 is 9.84 Å². The molecule has 0 saturated heterocycles. The third-order valence-corrected chi connectivity index (χ3v) is 0.926. The van der Waals surface area contributed by atoms with Crippen LogP contribution in [0, 0.1) is 0 Å². The van der Waals surface area contributed by atoms with Crippen molar-refractivity contribution in [2.24, 2.45) is 0 Å². The van der Waals surface area contributed by atoms with Crippen LogP contribution in [0.25, 0.3) is 0 Å². The normalized spacial score (nSPS) is 9.11. The Kier molecular flexibility index (Phi) is 5.32. The number of allylic oxidation sites excluding steroid dienone is 1. The quantitative estimate of drug-likeness (QED) is 0.568. The maximum absolute atomic E-state index is 8.32. The van der Waals surface area contributed by atoms with Gasteiger partial charge in [-0.05, 0) is 6.42 Å². The van der Waals surface area contributed by atoms with E-state index in [0.717, 1.165) is 18.6 Å². The Morgan fingerprint density at radius 1 is 1.67 bits per heavy atom. The van der Waals surface area contributed by atoms with Gasteiger partial charge in [-0.3, -0.25) is 0 Å². The summed E-state index contributed by atoms with van der Waals surface area (Å²) in [5.41, 5.74) is 0. The molecule has 0 aliphatic rings. The van der Waals surface area contributed by atoms with Gasteiger partial charge < -0.3 is 9.84 Å². The maximum atomic E-state index is 8.32. The lowest BCUT2D eigenvalue weighted by atomic mass is 10.3. The Morgan fingerprint density at radius 3 is 2.78 bits per heavy atom. The van der Waals surface area contributed by atoms with Crippen LogP contribution in [-0.2, 0) is 4.74 Å². The molecule has 0 aromatic carbocycles. The summed E-state index contributed by atoms with van der Waals surface area (Å²) >= 11 is 0. The first kappa shape index (κ1) is 8.50. The van der Waals surface area contributed by atoms with E-state index in [2.05, 4.69) is 13.5 Å². The minimum Gasteiger partial charge on any atom is -0.496 e. The van der Waals surface area contributed by atoms with Gasteiger partial charge in [-0.1, -0.05) is 13.5 Å². The Hall–Kier alpha value is -0.500. The van der Waals surface area contributed by atoms with E-state index in [9.17, 15) is 0 Å². The van der Waals surface area contributed by atoms with E-state index in [1.165, 1.54) is 0 Å². The lowest BCUT2D eigenvalue weighted by Crippen LogP contribution is -1.97. The third-order valence-electron chi connectivity index (χ3n) is 0.926. The molecule has 0 atom stereocenters. The van der Waals surface area contributed by atoms with Crippen LogP contribution in [0.2, 0.25) is 0 Å². The average Bonchev–Trinajstić information content (AvgIpc) is 1.85. The van der Waals surface area contributed by atoms with Crippen LogP contribution in [0.5, 0.6) is 0 Å². The van der Waals surface area contributed by atoms with Gasteiger partial charge in [0.2, 0.25) is 0 Å². The first-order valence-electron chi connectivity index (χ1n) is 3.22. The molecule has 0 unspecified atom stereocenters. The van der Waals surface area contributed by atoms with Crippen molar-refractivity contribution in [3.05, 3.63) is 12.3 Å². The molecule has 0 aromatic heterocycles. The molecule has 0 heterocycles. The molecule has 0 aliphatic heterocycles. The summed E-state index contributed by atoms with van der Waals surface area (Å²) in [6.45, 7) is 6.16. The highest BCUT2D eigenvalue weighted by Gasteiger charge is 1.89. The zero-order valence-corrected chi connectivity index (χ0v) is 5.89. The molecule has 0 saturated carbocycles. The van der Waals surface area contributed by atoms with Crippen molar-refractivity contribution in [3.63, 3.8) is 0 Å². The number of hydrogen-bond donors (Lipinski definition) is 1. The summed E-state index contributed by atoms with van der Waals surface area (Å²) in [5.74, 6) is 0.770. The van der Waals surface area contributed by atoms with Crippen LogP contribution in [0.4, 0.5) is 0 Å². The summed E-state index contributed by atoms with van der Waals surface area (Å²) in [4.78, 5) is 0. The molecule has 0 bridgehead atoms. The molecule has 0 fully saturated rings. The number of aliphatic hydroxyl groups excluding tert-OH is 1. The Labute approximate surface area is 56.1 Å². The van der Waals surface area contributed by atoms with E-state index >= 15 is 0 Å². The number of hydrogen-bond acceptors (Lipinski definition) is 2. The highest BCUT2D eigenvalue weighted by Crippen LogP contribution is 2.01. The number of rotatable bonds is 5. The van der Waals surface area contributed by atoms with Gasteiger partial charge in [-0.25, -0.2) is 0 Å². The highest BCUT2D eigenvalue weighted by molar-refractivity contribution is 4.80. The summed E-state index contributed by atoms with van der Waals surface area (Å²) < 4.78 is 4.99. The van der Waals surface area contributed by atoms with Crippen LogP contribution in [0.15, 0.2) is 12.3 Å². The molecule has 2 nitrogen and oxygen atoms in total. The van der Waals surface area contributed by atoms with Crippen molar-refractivity contribution in [2.45, 2.75) is 19.8 Å². The van der Waals surface area contributed by atoms with Gasteiger partial charge in [-0.15, -0.1) is 0 Å². The van der Waals surface area contributed by atoms with E-state index in [-0.39, 0.29) is 6.61 Å². The minimum atomic E-state index is 0.0722. The SMILES string of the molecule is C=C(CCC)OCCO. The first-order chi connectivity index (χ1) is 4.31. The molecule has 0 aromatic rings. The Morgan fingerprint density at radius 2 is 2.33 bits per heavy atom. The van der Waals surface area contributed by atoms with Gasteiger partial charge in [0.1, 0.15) is 6.61 Å². The van der Waals surface area contributed by atoms with Gasteiger partial charge in [0.15, 0.2) is 0 Å². The second-order valence-corrected chi connectivity index (χ2v) is 1.86. The lowest BCUT2D eigenvalue weighted by molar-refractivity contribution is 0.140. The van der Waals surface area contributed by atoms with Crippen molar-refractivity contribution in [2.75, 3.05) is 13.2 Å². The van der Waals surface area contributed by atoms with E-state index < -0.39 is 0 Å². The summed E-state index contributed by atoms with van der Waals surface area (Å²) in [5, 5.41) is 8.32. The standard InChI is InChI=1S/C7H14O2/c1-3-4-7(2)9-6-5-8/h8H,2-6H2,1H3. The van der Waals surface area contributed by atoms with E-state index in [1.54, 1.807) is 0 Å². The molecule has 9 heavy (non-hydrogen) atoms. The molecule has 54 valence electrons. The third kappa shape index (κ3) is 5.37. The Balaban J connectivity index is 3.06. The predicted molar refractivity (Wildman–Crippen MR) is 37.1 cm³/mol. The van der Waals surface area contributed by atoms with Crippen molar-refractivity contribution >= 4 is 0 Å². The van der Waals surface area contributed by atoms with E-state index in [4.69, 9.17) is 9.84 Å².